The quantitative estimate of drug-likeness (QED) is 0.830. The van der Waals surface area contributed by atoms with Gasteiger partial charge in [-0.1, -0.05) is 0 Å². The standard InChI is InChI=1S/C12H17N5/c1-3-15-17(5-1)6-2-4-16-10-14-9-12(16)11-7-13-8-11/h1,3,5,9-11,13H,2,4,6-8H2. The normalized spacial score (nSPS) is 16.0. The first-order valence-electron chi connectivity index (χ1n) is 6.11. The van der Waals surface area contributed by atoms with Gasteiger partial charge in [0.25, 0.3) is 0 Å². The molecule has 0 radical (unpaired) electrons. The Morgan fingerprint density at radius 2 is 2.29 bits per heavy atom. The second-order valence-corrected chi connectivity index (χ2v) is 4.49. The van der Waals surface area contributed by atoms with Gasteiger partial charge < -0.3 is 9.88 Å². The topological polar surface area (TPSA) is 47.7 Å². The highest BCUT2D eigenvalue weighted by Gasteiger charge is 2.21. The zero-order valence-electron chi connectivity index (χ0n) is 9.79. The molecule has 3 heterocycles. The summed E-state index contributed by atoms with van der Waals surface area (Å²) in [6, 6.07) is 1.96. The smallest absolute Gasteiger partial charge is 0.0948 e. The minimum absolute atomic E-state index is 0.655. The molecule has 5 nitrogen and oxygen atoms in total. The Morgan fingerprint density at radius 3 is 3.00 bits per heavy atom. The largest absolute Gasteiger partial charge is 0.334 e. The fourth-order valence-electron chi connectivity index (χ4n) is 2.19. The SMILES string of the molecule is c1cnn(CCCn2cncc2C2CNC2)c1. The van der Waals surface area contributed by atoms with Crippen LogP contribution < -0.4 is 5.32 Å². The Kier molecular flexibility index (Phi) is 2.92. The second-order valence-electron chi connectivity index (χ2n) is 4.49. The molecular formula is C12H17N5. The summed E-state index contributed by atoms with van der Waals surface area (Å²) < 4.78 is 4.25. The van der Waals surface area contributed by atoms with Gasteiger partial charge in [-0.05, 0) is 12.5 Å². The van der Waals surface area contributed by atoms with Crippen molar-refractivity contribution in [3.63, 3.8) is 0 Å². The number of imidazole rings is 1. The van der Waals surface area contributed by atoms with Crippen LogP contribution >= 0.6 is 0 Å². The number of rotatable bonds is 5. The van der Waals surface area contributed by atoms with Gasteiger partial charge in [0.05, 0.1) is 6.33 Å². The van der Waals surface area contributed by atoms with Crippen molar-refractivity contribution in [2.24, 2.45) is 0 Å². The minimum atomic E-state index is 0.655. The summed E-state index contributed by atoms with van der Waals surface area (Å²) in [5.41, 5.74) is 1.37. The van der Waals surface area contributed by atoms with Crippen LogP contribution in [-0.2, 0) is 13.1 Å². The van der Waals surface area contributed by atoms with Crippen molar-refractivity contribution in [1.29, 1.82) is 0 Å². The zero-order valence-corrected chi connectivity index (χ0v) is 9.79. The number of aryl methyl sites for hydroxylation is 2. The molecule has 5 heteroatoms. The third-order valence-corrected chi connectivity index (χ3v) is 3.29. The molecule has 1 N–H and O–H groups in total. The van der Waals surface area contributed by atoms with Gasteiger partial charge in [0.15, 0.2) is 0 Å². The number of hydrogen-bond donors (Lipinski definition) is 1. The van der Waals surface area contributed by atoms with Crippen molar-refractivity contribution < 1.29 is 0 Å². The van der Waals surface area contributed by atoms with Crippen LogP contribution in [0.4, 0.5) is 0 Å². The van der Waals surface area contributed by atoms with Crippen LogP contribution in [0.1, 0.15) is 18.0 Å². The number of nitrogens with one attached hydrogen (secondary N) is 1. The summed E-state index contributed by atoms with van der Waals surface area (Å²) in [7, 11) is 0. The molecule has 1 aliphatic rings. The average molecular weight is 231 g/mol. The number of nitrogens with zero attached hydrogens (tertiary/aromatic N) is 4. The van der Waals surface area contributed by atoms with Crippen LogP contribution in [0.5, 0.6) is 0 Å². The van der Waals surface area contributed by atoms with Gasteiger partial charge in [-0.15, -0.1) is 0 Å². The molecule has 0 atom stereocenters. The van der Waals surface area contributed by atoms with E-state index in [1.54, 1.807) is 0 Å². The van der Waals surface area contributed by atoms with E-state index in [1.807, 2.05) is 35.7 Å². The van der Waals surface area contributed by atoms with Crippen molar-refractivity contribution in [2.45, 2.75) is 25.4 Å². The van der Waals surface area contributed by atoms with Crippen molar-refractivity contribution in [1.82, 2.24) is 24.6 Å². The van der Waals surface area contributed by atoms with E-state index in [4.69, 9.17) is 0 Å². The Hall–Kier alpha value is -1.62. The van der Waals surface area contributed by atoms with Gasteiger partial charge in [-0.3, -0.25) is 4.68 Å². The Bertz CT molecular complexity index is 455. The predicted molar refractivity (Wildman–Crippen MR) is 64.7 cm³/mol. The third-order valence-electron chi connectivity index (χ3n) is 3.29. The lowest BCUT2D eigenvalue weighted by Gasteiger charge is -2.27. The molecule has 0 saturated carbocycles. The van der Waals surface area contributed by atoms with Gasteiger partial charge in [-0.2, -0.15) is 5.10 Å². The van der Waals surface area contributed by atoms with Gasteiger partial charge >= 0.3 is 0 Å². The lowest BCUT2D eigenvalue weighted by molar-refractivity contribution is 0.417. The highest BCUT2D eigenvalue weighted by atomic mass is 15.3. The molecule has 90 valence electrons. The molecule has 17 heavy (non-hydrogen) atoms. The van der Waals surface area contributed by atoms with Crippen LogP contribution in [-0.4, -0.2) is 32.4 Å². The van der Waals surface area contributed by atoms with Gasteiger partial charge in [-0.25, -0.2) is 4.98 Å². The molecule has 0 amide bonds. The molecule has 2 aromatic heterocycles. The maximum Gasteiger partial charge on any atom is 0.0948 e. The lowest BCUT2D eigenvalue weighted by atomic mass is 10.00. The zero-order chi connectivity index (χ0) is 11.5. The lowest BCUT2D eigenvalue weighted by Crippen LogP contribution is -2.40. The highest BCUT2D eigenvalue weighted by molar-refractivity contribution is 5.11. The average Bonchev–Trinajstić information content (AvgIpc) is 2.88. The van der Waals surface area contributed by atoms with Crippen LogP contribution in [0.25, 0.3) is 0 Å². The molecule has 0 spiro atoms. The molecule has 0 bridgehead atoms. The highest BCUT2D eigenvalue weighted by Crippen LogP contribution is 2.19. The summed E-state index contributed by atoms with van der Waals surface area (Å²) >= 11 is 0. The third kappa shape index (κ3) is 2.24. The van der Waals surface area contributed by atoms with E-state index >= 15 is 0 Å². The van der Waals surface area contributed by atoms with E-state index in [-0.39, 0.29) is 0 Å². The minimum Gasteiger partial charge on any atom is -0.334 e. The van der Waals surface area contributed by atoms with Crippen molar-refractivity contribution in [2.75, 3.05) is 13.1 Å². The molecule has 0 aromatic carbocycles. The maximum atomic E-state index is 4.25. The molecular weight excluding hydrogens is 214 g/mol. The van der Waals surface area contributed by atoms with Gasteiger partial charge in [0.2, 0.25) is 0 Å². The van der Waals surface area contributed by atoms with Crippen LogP contribution in [0.2, 0.25) is 0 Å². The van der Waals surface area contributed by atoms with E-state index in [9.17, 15) is 0 Å². The van der Waals surface area contributed by atoms with Crippen molar-refractivity contribution >= 4 is 0 Å². The molecule has 1 saturated heterocycles. The van der Waals surface area contributed by atoms with Crippen molar-refractivity contribution in [3.8, 4) is 0 Å². The summed E-state index contributed by atoms with van der Waals surface area (Å²) in [6.45, 7) is 4.16. The molecule has 2 aromatic rings. The fraction of sp³-hybridized carbons (Fsp3) is 0.500. The fourth-order valence-corrected chi connectivity index (χ4v) is 2.19. The van der Waals surface area contributed by atoms with E-state index in [0.717, 1.165) is 32.6 Å². The molecule has 1 fully saturated rings. The number of aromatic nitrogens is 4. The Labute approximate surface area is 100 Å². The van der Waals surface area contributed by atoms with Crippen molar-refractivity contribution in [3.05, 3.63) is 36.7 Å². The van der Waals surface area contributed by atoms with Crippen LogP contribution in [0.3, 0.4) is 0 Å². The molecule has 0 unspecified atom stereocenters. The van der Waals surface area contributed by atoms with E-state index in [0.29, 0.717) is 5.92 Å². The van der Waals surface area contributed by atoms with E-state index in [1.165, 1.54) is 5.69 Å². The van der Waals surface area contributed by atoms with Crippen LogP contribution in [0, 0.1) is 0 Å². The van der Waals surface area contributed by atoms with Crippen LogP contribution in [0.15, 0.2) is 31.0 Å². The molecule has 0 aliphatic carbocycles. The number of hydrogen-bond acceptors (Lipinski definition) is 3. The maximum absolute atomic E-state index is 4.25. The molecule has 1 aliphatic heterocycles. The van der Waals surface area contributed by atoms with E-state index < -0.39 is 0 Å². The Morgan fingerprint density at radius 1 is 1.35 bits per heavy atom. The summed E-state index contributed by atoms with van der Waals surface area (Å²) in [5, 5.41) is 7.50. The predicted octanol–water partition coefficient (Wildman–Crippen LogP) is 0.857. The van der Waals surface area contributed by atoms with E-state index in [2.05, 4.69) is 20.0 Å². The summed E-state index contributed by atoms with van der Waals surface area (Å²) in [5.74, 6) is 0.655. The first-order chi connectivity index (χ1) is 8.43. The first kappa shape index (κ1) is 10.5. The van der Waals surface area contributed by atoms with Gasteiger partial charge in [0, 0.05) is 56.4 Å². The summed E-state index contributed by atoms with van der Waals surface area (Å²) in [4.78, 5) is 4.25. The molecule has 3 rings (SSSR count). The summed E-state index contributed by atoms with van der Waals surface area (Å²) in [6.07, 6.45) is 8.86. The first-order valence-corrected chi connectivity index (χ1v) is 6.11. The van der Waals surface area contributed by atoms with Gasteiger partial charge in [0.1, 0.15) is 0 Å². The second kappa shape index (κ2) is 4.71. The Balaban J connectivity index is 1.56. The monoisotopic (exact) mass is 231 g/mol.